The first-order valence-corrected chi connectivity index (χ1v) is 4.15. The highest BCUT2D eigenvalue weighted by Crippen LogP contribution is 1.97. The van der Waals surface area contributed by atoms with Crippen molar-refractivity contribution in [2.45, 2.75) is 6.54 Å². The number of halogens is 1. The quantitative estimate of drug-likeness (QED) is 0.735. The Kier molecular flexibility index (Phi) is 6.68. The lowest BCUT2D eigenvalue weighted by Crippen LogP contribution is -2.25. The maximum Gasteiger partial charge on any atom is 0.0947 e. The van der Waals surface area contributed by atoms with Crippen LogP contribution in [0.5, 0.6) is 0 Å². The monoisotopic (exact) mass is 204 g/mol. The molecular formula is C9H17ClN2O. The molecule has 1 aromatic rings. The third-order valence-electron chi connectivity index (χ3n) is 1.65. The molecule has 0 aliphatic heterocycles. The van der Waals surface area contributed by atoms with Crippen LogP contribution >= 0.6 is 12.4 Å². The maximum absolute atomic E-state index is 4.94. The lowest BCUT2D eigenvalue weighted by molar-refractivity contribution is 0.399. The van der Waals surface area contributed by atoms with Gasteiger partial charge in [0.1, 0.15) is 0 Å². The normalized spacial score (nSPS) is 10.1. The number of nitrogens with one attached hydrogen (secondary N) is 1. The minimum Gasteiger partial charge on any atom is -0.472 e. The first-order valence-electron chi connectivity index (χ1n) is 4.15. The van der Waals surface area contributed by atoms with Crippen LogP contribution in [0, 0.1) is 0 Å². The summed E-state index contributed by atoms with van der Waals surface area (Å²) in [6.07, 6.45) is 3.46. The summed E-state index contributed by atoms with van der Waals surface area (Å²) in [6.45, 7) is 2.97. The van der Waals surface area contributed by atoms with Crippen LogP contribution in [0.1, 0.15) is 5.56 Å². The number of rotatable bonds is 5. The van der Waals surface area contributed by atoms with E-state index in [2.05, 4.69) is 24.3 Å². The number of nitrogens with zero attached hydrogens (tertiary/aromatic N) is 1. The summed E-state index contributed by atoms with van der Waals surface area (Å²) in [6, 6.07) is 1.97. The van der Waals surface area contributed by atoms with E-state index in [0.717, 1.165) is 19.6 Å². The van der Waals surface area contributed by atoms with Crippen molar-refractivity contribution in [2.24, 2.45) is 0 Å². The van der Waals surface area contributed by atoms with Gasteiger partial charge in [-0.15, -0.1) is 12.4 Å². The van der Waals surface area contributed by atoms with E-state index in [1.807, 2.05) is 6.07 Å². The van der Waals surface area contributed by atoms with Crippen molar-refractivity contribution in [1.82, 2.24) is 10.2 Å². The first kappa shape index (κ1) is 12.5. The van der Waals surface area contributed by atoms with Gasteiger partial charge in [-0.1, -0.05) is 0 Å². The third-order valence-corrected chi connectivity index (χ3v) is 1.65. The molecule has 1 aromatic heterocycles. The molecule has 0 unspecified atom stereocenters. The van der Waals surface area contributed by atoms with Crippen LogP contribution in [-0.2, 0) is 6.54 Å². The Morgan fingerprint density at radius 1 is 1.46 bits per heavy atom. The summed E-state index contributed by atoms with van der Waals surface area (Å²) < 4.78 is 4.94. The van der Waals surface area contributed by atoms with Crippen LogP contribution in [0.4, 0.5) is 0 Å². The molecule has 0 spiro atoms. The molecule has 1 rings (SSSR count). The molecule has 76 valence electrons. The van der Waals surface area contributed by atoms with Crippen molar-refractivity contribution < 1.29 is 4.42 Å². The van der Waals surface area contributed by atoms with E-state index >= 15 is 0 Å². The van der Waals surface area contributed by atoms with Gasteiger partial charge in [-0.25, -0.2) is 0 Å². The number of furan rings is 1. The zero-order chi connectivity index (χ0) is 8.81. The van der Waals surface area contributed by atoms with Gasteiger partial charge in [0.05, 0.1) is 12.5 Å². The molecule has 13 heavy (non-hydrogen) atoms. The van der Waals surface area contributed by atoms with Crippen LogP contribution in [0.2, 0.25) is 0 Å². The topological polar surface area (TPSA) is 28.4 Å². The largest absolute Gasteiger partial charge is 0.472 e. The van der Waals surface area contributed by atoms with E-state index in [0.29, 0.717) is 0 Å². The Hall–Kier alpha value is -0.510. The van der Waals surface area contributed by atoms with Crippen molar-refractivity contribution >= 4 is 12.4 Å². The van der Waals surface area contributed by atoms with E-state index in [1.165, 1.54) is 5.56 Å². The fourth-order valence-electron chi connectivity index (χ4n) is 0.929. The van der Waals surface area contributed by atoms with Crippen LogP contribution in [0.15, 0.2) is 23.0 Å². The van der Waals surface area contributed by atoms with Crippen LogP contribution < -0.4 is 5.32 Å². The Balaban J connectivity index is 0.00000144. The summed E-state index contributed by atoms with van der Waals surface area (Å²) in [5, 5.41) is 3.32. The van der Waals surface area contributed by atoms with Crippen molar-refractivity contribution in [3.8, 4) is 0 Å². The molecule has 1 heterocycles. The van der Waals surface area contributed by atoms with Crippen LogP contribution in [-0.4, -0.2) is 32.1 Å². The molecule has 0 radical (unpaired) electrons. The van der Waals surface area contributed by atoms with Crippen molar-refractivity contribution in [3.63, 3.8) is 0 Å². The molecule has 0 saturated heterocycles. The summed E-state index contributed by atoms with van der Waals surface area (Å²) in [5.74, 6) is 0. The maximum atomic E-state index is 4.94. The molecule has 0 bridgehead atoms. The van der Waals surface area contributed by atoms with Gasteiger partial charge >= 0.3 is 0 Å². The third kappa shape index (κ3) is 5.69. The summed E-state index contributed by atoms with van der Waals surface area (Å²) >= 11 is 0. The average molecular weight is 205 g/mol. The van der Waals surface area contributed by atoms with Gasteiger partial charge in [0, 0.05) is 25.2 Å². The second kappa shape index (κ2) is 6.95. The first-order chi connectivity index (χ1) is 5.79. The predicted octanol–water partition coefficient (Wildman–Crippen LogP) is 1.35. The number of likely N-dealkylation sites (N-methyl/N-ethyl adjacent to an activating group) is 1. The summed E-state index contributed by atoms with van der Waals surface area (Å²) in [5.41, 5.74) is 1.20. The number of hydrogen-bond acceptors (Lipinski definition) is 3. The molecule has 0 atom stereocenters. The van der Waals surface area contributed by atoms with Crippen molar-refractivity contribution in [2.75, 3.05) is 27.2 Å². The average Bonchev–Trinajstić information content (AvgIpc) is 2.49. The molecular weight excluding hydrogens is 188 g/mol. The smallest absolute Gasteiger partial charge is 0.0947 e. The standard InChI is InChI=1S/C9H16N2O.ClH/c1-11(2)5-4-10-7-9-3-6-12-8-9;/h3,6,8,10H,4-5,7H2,1-2H3;1H. The van der Waals surface area contributed by atoms with Gasteiger partial charge in [0.2, 0.25) is 0 Å². The minimum absolute atomic E-state index is 0. The molecule has 0 aliphatic rings. The number of hydrogen-bond donors (Lipinski definition) is 1. The molecule has 0 aromatic carbocycles. The molecule has 3 nitrogen and oxygen atoms in total. The van der Waals surface area contributed by atoms with E-state index in [9.17, 15) is 0 Å². The predicted molar refractivity (Wildman–Crippen MR) is 56.2 cm³/mol. The summed E-state index contributed by atoms with van der Waals surface area (Å²) in [4.78, 5) is 2.16. The Morgan fingerprint density at radius 3 is 2.77 bits per heavy atom. The zero-order valence-electron chi connectivity index (χ0n) is 8.12. The Morgan fingerprint density at radius 2 is 2.23 bits per heavy atom. The van der Waals surface area contributed by atoms with E-state index in [4.69, 9.17) is 4.42 Å². The van der Waals surface area contributed by atoms with Gasteiger partial charge in [0.15, 0.2) is 0 Å². The Labute approximate surface area is 85.5 Å². The molecule has 0 amide bonds. The molecule has 0 fully saturated rings. The molecule has 0 aliphatic carbocycles. The Bertz CT molecular complexity index is 199. The highest BCUT2D eigenvalue weighted by atomic mass is 35.5. The SMILES string of the molecule is CN(C)CCNCc1ccoc1.Cl. The molecule has 4 heteroatoms. The lowest BCUT2D eigenvalue weighted by Gasteiger charge is -2.09. The second-order valence-electron chi connectivity index (χ2n) is 3.11. The van der Waals surface area contributed by atoms with Gasteiger partial charge < -0.3 is 14.6 Å². The lowest BCUT2D eigenvalue weighted by atomic mass is 10.3. The van der Waals surface area contributed by atoms with E-state index in [1.54, 1.807) is 12.5 Å². The van der Waals surface area contributed by atoms with Crippen molar-refractivity contribution in [3.05, 3.63) is 24.2 Å². The highest BCUT2D eigenvalue weighted by Gasteiger charge is 1.93. The van der Waals surface area contributed by atoms with E-state index < -0.39 is 0 Å². The van der Waals surface area contributed by atoms with Gasteiger partial charge in [0.25, 0.3) is 0 Å². The van der Waals surface area contributed by atoms with Gasteiger partial charge in [-0.2, -0.15) is 0 Å². The van der Waals surface area contributed by atoms with Gasteiger partial charge in [-0.3, -0.25) is 0 Å². The fraction of sp³-hybridized carbons (Fsp3) is 0.556. The minimum atomic E-state index is 0. The van der Waals surface area contributed by atoms with Gasteiger partial charge in [-0.05, 0) is 20.2 Å². The highest BCUT2D eigenvalue weighted by molar-refractivity contribution is 5.85. The zero-order valence-corrected chi connectivity index (χ0v) is 8.93. The summed E-state index contributed by atoms with van der Waals surface area (Å²) in [7, 11) is 4.14. The van der Waals surface area contributed by atoms with Crippen molar-refractivity contribution in [1.29, 1.82) is 0 Å². The van der Waals surface area contributed by atoms with Crippen LogP contribution in [0.3, 0.4) is 0 Å². The van der Waals surface area contributed by atoms with E-state index in [-0.39, 0.29) is 12.4 Å². The second-order valence-corrected chi connectivity index (χ2v) is 3.11. The van der Waals surface area contributed by atoms with Crippen LogP contribution in [0.25, 0.3) is 0 Å². The molecule has 1 N–H and O–H groups in total. The molecule has 0 saturated carbocycles. The fourth-order valence-corrected chi connectivity index (χ4v) is 0.929.